The standard InChI is InChI=1S/C9H20O4SSi/c1-9(2,3)15-13-8-6-5-7-12-14(4,10)11/h5-6H,7-8,15H2,1-4H3. The minimum absolute atomic E-state index is 0.0826. The van der Waals surface area contributed by atoms with Crippen LogP contribution in [0, 0.1) is 0 Å². The van der Waals surface area contributed by atoms with E-state index in [0.29, 0.717) is 6.61 Å². The van der Waals surface area contributed by atoms with E-state index in [1.165, 1.54) is 0 Å². The Balaban J connectivity index is 3.49. The van der Waals surface area contributed by atoms with Crippen molar-refractivity contribution in [1.29, 1.82) is 0 Å². The van der Waals surface area contributed by atoms with Gasteiger partial charge in [-0.3, -0.25) is 4.18 Å². The van der Waals surface area contributed by atoms with Crippen LogP contribution in [-0.4, -0.2) is 37.7 Å². The normalized spacial score (nSPS) is 14.4. The molecule has 0 N–H and O–H groups in total. The molecule has 0 atom stereocenters. The SMILES string of the molecule is CC(C)(C)[SiH2]OCC=CCOS(C)(=O)=O. The van der Waals surface area contributed by atoms with Crippen LogP contribution in [0.2, 0.25) is 5.04 Å². The largest absolute Gasteiger partial charge is 0.420 e. The second-order valence-electron chi connectivity index (χ2n) is 4.54. The molecule has 0 amide bonds. The van der Waals surface area contributed by atoms with Crippen LogP contribution < -0.4 is 0 Å². The Hall–Kier alpha value is -0.173. The van der Waals surface area contributed by atoms with Crippen LogP contribution in [0.3, 0.4) is 0 Å². The zero-order valence-corrected chi connectivity index (χ0v) is 12.0. The molecular weight excluding hydrogens is 232 g/mol. The van der Waals surface area contributed by atoms with Crippen LogP contribution in [-0.2, 0) is 18.7 Å². The Morgan fingerprint density at radius 3 is 2.20 bits per heavy atom. The third kappa shape index (κ3) is 13.8. The highest BCUT2D eigenvalue weighted by molar-refractivity contribution is 7.85. The number of hydrogen-bond donors (Lipinski definition) is 0. The van der Waals surface area contributed by atoms with Gasteiger partial charge in [-0.2, -0.15) is 8.42 Å². The molecule has 0 fully saturated rings. The second kappa shape index (κ2) is 6.42. The molecule has 15 heavy (non-hydrogen) atoms. The number of hydrogen-bond acceptors (Lipinski definition) is 4. The quantitative estimate of drug-likeness (QED) is 0.304. The van der Waals surface area contributed by atoms with Crippen LogP contribution in [0.1, 0.15) is 20.8 Å². The van der Waals surface area contributed by atoms with Gasteiger partial charge in [-0.15, -0.1) is 0 Å². The van der Waals surface area contributed by atoms with Gasteiger partial charge < -0.3 is 4.43 Å². The average molecular weight is 252 g/mol. The predicted octanol–water partition coefficient (Wildman–Crippen LogP) is 0.838. The van der Waals surface area contributed by atoms with Crippen molar-refractivity contribution >= 4 is 19.9 Å². The molecule has 0 radical (unpaired) electrons. The summed E-state index contributed by atoms with van der Waals surface area (Å²) in [6, 6.07) is 0. The van der Waals surface area contributed by atoms with Gasteiger partial charge in [0.05, 0.1) is 19.5 Å². The first kappa shape index (κ1) is 14.8. The van der Waals surface area contributed by atoms with Gasteiger partial charge in [0.2, 0.25) is 0 Å². The Labute approximate surface area is 94.7 Å². The molecule has 0 heterocycles. The third-order valence-electron chi connectivity index (χ3n) is 1.29. The first-order valence-electron chi connectivity index (χ1n) is 4.78. The molecule has 0 unspecified atom stereocenters. The fourth-order valence-electron chi connectivity index (χ4n) is 0.732. The summed E-state index contributed by atoms with van der Waals surface area (Å²) in [6.45, 7) is 7.07. The van der Waals surface area contributed by atoms with Gasteiger partial charge in [-0.25, -0.2) is 0 Å². The van der Waals surface area contributed by atoms with E-state index < -0.39 is 19.9 Å². The van der Waals surface area contributed by atoms with Crippen molar-refractivity contribution in [3.05, 3.63) is 12.2 Å². The third-order valence-corrected chi connectivity index (χ3v) is 3.16. The molecule has 4 nitrogen and oxygen atoms in total. The van der Waals surface area contributed by atoms with E-state index in [2.05, 4.69) is 25.0 Å². The van der Waals surface area contributed by atoms with Gasteiger partial charge in [0, 0.05) is 0 Å². The zero-order chi connectivity index (χ0) is 11.9. The molecule has 0 aromatic carbocycles. The predicted molar refractivity (Wildman–Crippen MR) is 64.1 cm³/mol. The molecule has 0 aliphatic rings. The Morgan fingerprint density at radius 1 is 1.20 bits per heavy atom. The minimum atomic E-state index is -3.32. The molecule has 0 aromatic rings. The summed E-state index contributed by atoms with van der Waals surface area (Å²) in [5.41, 5.74) is 0. The summed E-state index contributed by atoms with van der Waals surface area (Å²) < 4.78 is 31.1. The van der Waals surface area contributed by atoms with Crippen molar-refractivity contribution < 1.29 is 17.0 Å². The number of rotatable bonds is 6. The van der Waals surface area contributed by atoms with Crippen molar-refractivity contribution in [3.8, 4) is 0 Å². The fourth-order valence-corrected chi connectivity index (χ4v) is 1.92. The van der Waals surface area contributed by atoms with Crippen LogP contribution in [0.15, 0.2) is 12.2 Å². The first-order chi connectivity index (χ1) is 6.71. The molecule has 0 rings (SSSR count). The van der Waals surface area contributed by atoms with E-state index in [9.17, 15) is 8.42 Å². The lowest BCUT2D eigenvalue weighted by Crippen LogP contribution is -2.12. The lowest BCUT2D eigenvalue weighted by molar-refractivity contribution is 0.352. The molecule has 6 heteroatoms. The van der Waals surface area contributed by atoms with Gasteiger partial charge in [0.15, 0.2) is 9.76 Å². The zero-order valence-electron chi connectivity index (χ0n) is 9.82. The van der Waals surface area contributed by atoms with Crippen molar-refractivity contribution in [3.63, 3.8) is 0 Å². The van der Waals surface area contributed by atoms with Crippen molar-refractivity contribution in [1.82, 2.24) is 0 Å². The maximum atomic E-state index is 10.6. The molecule has 0 spiro atoms. The van der Waals surface area contributed by atoms with Crippen molar-refractivity contribution in [2.24, 2.45) is 0 Å². The van der Waals surface area contributed by atoms with E-state index in [1.807, 2.05) is 0 Å². The lowest BCUT2D eigenvalue weighted by Gasteiger charge is -2.15. The molecule has 90 valence electrons. The summed E-state index contributed by atoms with van der Waals surface area (Å²) >= 11 is 0. The Morgan fingerprint density at radius 2 is 1.73 bits per heavy atom. The first-order valence-corrected chi connectivity index (χ1v) is 7.88. The van der Waals surface area contributed by atoms with E-state index >= 15 is 0 Å². The maximum Gasteiger partial charge on any atom is 0.264 e. The molecular formula is C9H20O4SSi. The van der Waals surface area contributed by atoms with E-state index in [-0.39, 0.29) is 11.6 Å². The maximum absolute atomic E-state index is 10.6. The van der Waals surface area contributed by atoms with Crippen LogP contribution >= 0.6 is 0 Å². The van der Waals surface area contributed by atoms with E-state index in [4.69, 9.17) is 4.43 Å². The van der Waals surface area contributed by atoms with Crippen molar-refractivity contribution in [2.45, 2.75) is 25.8 Å². The Kier molecular flexibility index (Phi) is 6.34. The summed E-state index contributed by atoms with van der Waals surface area (Å²) in [6.07, 6.45) is 4.46. The molecule has 0 saturated carbocycles. The second-order valence-corrected chi connectivity index (χ2v) is 9.00. The molecule has 0 aliphatic heterocycles. The summed E-state index contributed by atoms with van der Waals surface area (Å²) in [4.78, 5) is 0. The fraction of sp³-hybridized carbons (Fsp3) is 0.778. The molecule has 0 bridgehead atoms. The Bertz CT molecular complexity index is 290. The van der Waals surface area contributed by atoms with E-state index in [0.717, 1.165) is 6.26 Å². The van der Waals surface area contributed by atoms with Crippen LogP contribution in [0.25, 0.3) is 0 Å². The highest BCUT2D eigenvalue weighted by atomic mass is 32.2. The summed E-state index contributed by atoms with van der Waals surface area (Å²) in [5.74, 6) is 0. The van der Waals surface area contributed by atoms with Gasteiger partial charge in [-0.05, 0) is 5.04 Å². The monoisotopic (exact) mass is 252 g/mol. The van der Waals surface area contributed by atoms with Gasteiger partial charge in [0.25, 0.3) is 10.1 Å². The highest BCUT2D eigenvalue weighted by Crippen LogP contribution is 2.19. The molecule has 0 aliphatic carbocycles. The summed E-state index contributed by atoms with van der Waals surface area (Å²) in [7, 11) is -3.85. The lowest BCUT2D eigenvalue weighted by atomic mass is 10.3. The van der Waals surface area contributed by atoms with E-state index in [1.54, 1.807) is 12.2 Å². The molecule has 0 saturated heterocycles. The summed E-state index contributed by atoms with van der Waals surface area (Å²) in [5, 5.41) is 0.289. The van der Waals surface area contributed by atoms with Gasteiger partial charge >= 0.3 is 0 Å². The average Bonchev–Trinajstić information content (AvgIpc) is 1.98. The smallest absolute Gasteiger partial charge is 0.264 e. The van der Waals surface area contributed by atoms with Gasteiger partial charge in [0.1, 0.15) is 0 Å². The van der Waals surface area contributed by atoms with Crippen molar-refractivity contribution in [2.75, 3.05) is 19.5 Å². The molecule has 0 aromatic heterocycles. The van der Waals surface area contributed by atoms with Crippen LogP contribution in [0.5, 0.6) is 0 Å². The van der Waals surface area contributed by atoms with Crippen LogP contribution in [0.4, 0.5) is 0 Å². The van der Waals surface area contributed by atoms with Gasteiger partial charge in [-0.1, -0.05) is 32.9 Å². The highest BCUT2D eigenvalue weighted by Gasteiger charge is 2.10. The topological polar surface area (TPSA) is 52.6 Å². The minimum Gasteiger partial charge on any atom is -0.420 e.